The van der Waals surface area contributed by atoms with Crippen molar-refractivity contribution in [3.8, 4) is 0 Å². The van der Waals surface area contributed by atoms with Crippen LogP contribution in [0.25, 0.3) is 0 Å². The number of anilines is 1. The summed E-state index contributed by atoms with van der Waals surface area (Å²) in [5, 5.41) is 5.67. The van der Waals surface area contributed by atoms with Gasteiger partial charge in [-0.05, 0) is 12.1 Å². The van der Waals surface area contributed by atoms with E-state index >= 15 is 0 Å². The van der Waals surface area contributed by atoms with E-state index in [1.165, 1.54) is 20.0 Å². The minimum atomic E-state index is -0.0359. The zero-order chi connectivity index (χ0) is 9.52. The molecule has 1 saturated heterocycles. The van der Waals surface area contributed by atoms with E-state index in [1.807, 2.05) is 30.3 Å². The molecule has 1 amide bonds. The smallest absolute Gasteiger partial charge is 0.221 e. The minimum absolute atomic E-state index is 0.0359. The zero-order valence-corrected chi connectivity index (χ0v) is 7.71. The van der Waals surface area contributed by atoms with Crippen LogP contribution < -0.4 is 10.6 Å². The molecule has 0 spiro atoms. The van der Waals surface area contributed by atoms with Crippen LogP contribution in [0.2, 0.25) is 0 Å². The van der Waals surface area contributed by atoms with E-state index in [0.717, 1.165) is 5.69 Å². The monoisotopic (exact) mass is 178 g/mol. The van der Waals surface area contributed by atoms with Crippen LogP contribution in [0.5, 0.6) is 0 Å². The van der Waals surface area contributed by atoms with Gasteiger partial charge in [0.25, 0.3) is 0 Å². The number of carbonyl (C=O) groups is 1. The van der Waals surface area contributed by atoms with Gasteiger partial charge in [-0.15, -0.1) is 0 Å². The lowest BCUT2D eigenvalue weighted by Gasteiger charge is -1.98. The van der Waals surface area contributed by atoms with Gasteiger partial charge in [-0.25, -0.2) is 0 Å². The van der Waals surface area contributed by atoms with Crippen LogP contribution in [0.1, 0.15) is 6.92 Å². The topological polar surface area (TPSA) is 51.0 Å². The second-order valence-electron chi connectivity index (χ2n) is 2.80. The van der Waals surface area contributed by atoms with Gasteiger partial charge in [-0.3, -0.25) is 4.79 Å². The van der Waals surface area contributed by atoms with Crippen molar-refractivity contribution in [3.63, 3.8) is 0 Å². The summed E-state index contributed by atoms with van der Waals surface area (Å²) in [6, 6.07) is 9.37. The lowest BCUT2D eigenvalue weighted by atomic mass is 10.3. The third kappa shape index (κ3) is 5.87. The lowest BCUT2D eigenvalue weighted by Crippen LogP contribution is -2.04. The number of para-hydroxylation sites is 1. The molecule has 0 aliphatic carbocycles. The van der Waals surface area contributed by atoms with Crippen LogP contribution in [-0.4, -0.2) is 19.0 Å². The molecule has 1 aliphatic rings. The van der Waals surface area contributed by atoms with E-state index < -0.39 is 0 Å². The Kier molecular flexibility index (Phi) is 3.99. The second kappa shape index (κ2) is 5.32. The number of benzene rings is 1. The summed E-state index contributed by atoms with van der Waals surface area (Å²) in [6.45, 7) is 3.99. The lowest BCUT2D eigenvalue weighted by molar-refractivity contribution is -0.114. The highest BCUT2D eigenvalue weighted by atomic mass is 16.1. The van der Waals surface area contributed by atoms with Crippen molar-refractivity contribution in [1.82, 2.24) is 5.32 Å². The van der Waals surface area contributed by atoms with Gasteiger partial charge < -0.3 is 10.6 Å². The Morgan fingerprint density at radius 1 is 1.31 bits per heavy atom. The van der Waals surface area contributed by atoms with Gasteiger partial charge in [-0.2, -0.15) is 0 Å². The molecule has 0 saturated carbocycles. The first-order chi connectivity index (χ1) is 6.29. The highest BCUT2D eigenvalue weighted by Gasteiger charge is 1.91. The van der Waals surface area contributed by atoms with Gasteiger partial charge in [0.15, 0.2) is 0 Å². The normalized spacial score (nSPS) is 12.4. The minimum Gasteiger partial charge on any atom is -0.326 e. The summed E-state index contributed by atoms with van der Waals surface area (Å²) in [6.07, 6.45) is 0. The quantitative estimate of drug-likeness (QED) is 0.635. The average molecular weight is 178 g/mol. The van der Waals surface area contributed by atoms with Crippen molar-refractivity contribution in [2.45, 2.75) is 6.92 Å². The maximum absolute atomic E-state index is 10.5. The Labute approximate surface area is 78.2 Å². The maximum Gasteiger partial charge on any atom is 0.221 e. The summed E-state index contributed by atoms with van der Waals surface area (Å²) in [7, 11) is 0. The molecule has 2 rings (SSSR count). The number of amides is 1. The molecule has 0 bridgehead atoms. The molecule has 2 N–H and O–H groups in total. The third-order valence-corrected chi connectivity index (χ3v) is 1.34. The standard InChI is InChI=1S/C8H9NO.C2H5N/c1-7(10)9-8-5-3-2-4-6-8;1-2-3-1/h2-6H,1H3,(H,9,10);3H,1-2H2. The van der Waals surface area contributed by atoms with Crippen LogP contribution in [0, 0.1) is 0 Å². The maximum atomic E-state index is 10.5. The van der Waals surface area contributed by atoms with Crippen molar-refractivity contribution >= 4 is 11.6 Å². The van der Waals surface area contributed by atoms with Crippen LogP contribution >= 0.6 is 0 Å². The Bertz CT molecular complexity index is 254. The van der Waals surface area contributed by atoms with Gasteiger partial charge in [-0.1, -0.05) is 18.2 Å². The van der Waals surface area contributed by atoms with E-state index in [4.69, 9.17) is 0 Å². The van der Waals surface area contributed by atoms with Crippen LogP contribution in [-0.2, 0) is 4.79 Å². The first kappa shape index (κ1) is 9.74. The summed E-state index contributed by atoms with van der Waals surface area (Å²) in [5.41, 5.74) is 0.843. The van der Waals surface area contributed by atoms with E-state index in [1.54, 1.807) is 0 Å². The third-order valence-electron chi connectivity index (χ3n) is 1.34. The first-order valence-corrected chi connectivity index (χ1v) is 4.32. The zero-order valence-electron chi connectivity index (χ0n) is 7.71. The SMILES string of the molecule is C1CN1.CC(=O)Nc1ccccc1. The predicted molar refractivity (Wildman–Crippen MR) is 53.6 cm³/mol. The van der Waals surface area contributed by atoms with Gasteiger partial charge in [0.2, 0.25) is 5.91 Å². The predicted octanol–water partition coefficient (Wildman–Crippen LogP) is 1.23. The van der Waals surface area contributed by atoms with Crippen molar-refractivity contribution < 1.29 is 4.79 Å². The fraction of sp³-hybridized carbons (Fsp3) is 0.300. The number of nitrogens with one attached hydrogen (secondary N) is 2. The molecule has 0 aromatic heterocycles. The van der Waals surface area contributed by atoms with Crippen molar-refractivity contribution in [2.24, 2.45) is 0 Å². The molecule has 3 heteroatoms. The number of hydrogen-bond donors (Lipinski definition) is 2. The van der Waals surface area contributed by atoms with Gasteiger partial charge in [0, 0.05) is 25.7 Å². The van der Waals surface area contributed by atoms with E-state index in [2.05, 4.69) is 10.6 Å². The number of rotatable bonds is 1. The van der Waals surface area contributed by atoms with Gasteiger partial charge in [0.05, 0.1) is 0 Å². The van der Waals surface area contributed by atoms with Gasteiger partial charge >= 0.3 is 0 Å². The molecule has 3 nitrogen and oxygen atoms in total. The van der Waals surface area contributed by atoms with E-state index in [0.29, 0.717) is 0 Å². The molecule has 1 aromatic carbocycles. The van der Waals surface area contributed by atoms with Crippen molar-refractivity contribution in [3.05, 3.63) is 30.3 Å². The second-order valence-corrected chi connectivity index (χ2v) is 2.80. The van der Waals surface area contributed by atoms with Crippen molar-refractivity contribution in [2.75, 3.05) is 18.4 Å². The molecular formula is C10H14N2O. The largest absolute Gasteiger partial charge is 0.326 e. The highest BCUT2D eigenvalue weighted by Crippen LogP contribution is 2.03. The molecule has 13 heavy (non-hydrogen) atoms. The molecule has 1 fully saturated rings. The summed E-state index contributed by atoms with van der Waals surface area (Å²) >= 11 is 0. The fourth-order valence-electron chi connectivity index (χ4n) is 0.725. The summed E-state index contributed by atoms with van der Waals surface area (Å²) in [5.74, 6) is -0.0359. The highest BCUT2D eigenvalue weighted by molar-refractivity contribution is 5.88. The van der Waals surface area contributed by atoms with Crippen LogP contribution in [0.3, 0.4) is 0 Å². The molecule has 1 aliphatic heterocycles. The molecule has 0 unspecified atom stereocenters. The van der Waals surface area contributed by atoms with E-state index in [-0.39, 0.29) is 5.91 Å². The Hall–Kier alpha value is -1.35. The fourth-order valence-corrected chi connectivity index (χ4v) is 0.725. The molecule has 70 valence electrons. The molecular weight excluding hydrogens is 164 g/mol. The van der Waals surface area contributed by atoms with Crippen LogP contribution in [0.15, 0.2) is 30.3 Å². The van der Waals surface area contributed by atoms with Gasteiger partial charge in [0.1, 0.15) is 0 Å². The Morgan fingerprint density at radius 2 is 1.85 bits per heavy atom. The molecule has 1 aromatic rings. The Morgan fingerprint density at radius 3 is 2.23 bits per heavy atom. The molecule has 0 radical (unpaired) electrons. The Balaban J connectivity index is 0.000000236. The van der Waals surface area contributed by atoms with E-state index in [9.17, 15) is 4.79 Å². The summed E-state index contributed by atoms with van der Waals surface area (Å²) < 4.78 is 0. The number of hydrogen-bond acceptors (Lipinski definition) is 2. The van der Waals surface area contributed by atoms with Crippen LogP contribution in [0.4, 0.5) is 5.69 Å². The average Bonchev–Trinajstić information content (AvgIpc) is 2.90. The summed E-state index contributed by atoms with van der Waals surface area (Å²) in [4.78, 5) is 10.5. The van der Waals surface area contributed by atoms with Crippen molar-refractivity contribution in [1.29, 1.82) is 0 Å². The first-order valence-electron chi connectivity index (χ1n) is 4.32. The number of carbonyl (C=O) groups excluding carboxylic acids is 1. The molecule has 0 atom stereocenters. The molecule has 1 heterocycles.